The van der Waals surface area contributed by atoms with Crippen LogP contribution in [0.3, 0.4) is 0 Å². The average molecular weight is 370 g/mol. The van der Waals surface area contributed by atoms with Gasteiger partial charge in [0.25, 0.3) is 11.8 Å². The van der Waals surface area contributed by atoms with Crippen LogP contribution in [0.4, 0.5) is 5.69 Å². The first-order valence-corrected chi connectivity index (χ1v) is 8.53. The quantitative estimate of drug-likeness (QED) is 0.696. The number of para-hydroxylation sites is 1. The maximum Gasteiger partial charge on any atom is 0.347 e. The number of carbonyl (C=O) groups is 3. The van der Waals surface area contributed by atoms with Crippen LogP contribution in [-0.2, 0) is 14.3 Å². The number of carbonyl (C=O) groups excluding carboxylic acids is 3. The highest BCUT2D eigenvalue weighted by Crippen LogP contribution is 2.14. The van der Waals surface area contributed by atoms with Gasteiger partial charge in [0.2, 0.25) is 0 Å². The molecule has 0 aliphatic heterocycles. The predicted molar refractivity (Wildman–Crippen MR) is 101 cm³/mol. The molecular formula is C20H22N2O5. The Morgan fingerprint density at radius 1 is 1.04 bits per heavy atom. The molecule has 0 unspecified atom stereocenters. The monoisotopic (exact) mass is 370 g/mol. The highest BCUT2D eigenvalue weighted by Gasteiger charge is 2.21. The van der Waals surface area contributed by atoms with E-state index in [0.29, 0.717) is 23.4 Å². The van der Waals surface area contributed by atoms with Gasteiger partial charge in [-0.3, -0.25) is 9.59 Å². The molecule has 7 nitrogen and oxygen atoms in total. The van der Waals surface area contributed by atoms with Gasteiger partial charge in [0.1, 0.15) is 5.75 Å². The predicted octanol–water partition coefficient (Wildman–Crippen LogP) is 2.39. The number of amides is 2. The van der Waals surface area contributed by atoms with E-state index in [1.807, 2.05) is 6.07 Å². The van der Waals surface area contributed by atoms with Crippen molar-refractivity contribution in [2.24, 2.45) is 0 Å². The third-order valence-electron chi connectivity index (χ3n) is 3.64. The molecule has 0 spiro atoms. The molecule has 0 heterocycles. The van der Waals surface area contributed by atoms with Crippen LogP contribution in [0.2, 0.25) is 0 Å². The van der Waals surface area contributed by atoms with Crippen LogP contribution in [0.1, 0.15) is 23.7 Å². The molecule has 2 aromatic carbocycles. The molecule has 0 radical (unpaired) electrons. The summed E-state index contributed by atoms with van der Waals surface area (Å²) in [6.07, 6.45) is -0.388. The minimum absolute atomic E-state index is 0.263. The highest BCUT2D eigenvalue weighted by atomic mass is 16.6. The van der Waals surface area contributed by atoms with Crippen LogP contribution in [-0.4, -0.2) is 37.5 Å². The second kappa shape index (κ2) is 9.96. The van der Waals surface area contributed by atoms with Crippen LogP contribution in [0.5, 0.6) is 5.75 Å². The van der Waals surface area contributed by atoms with E-state index in [4.69, 9.17) is 9.47 Å². The Morgan fingerprint density at radius 3 is 2.44 bits per heavy atom. The van der Waals surface area contributed by atoms with Gasteiger partial charge in [-0.15, -0.1) is 0 Å². The van der Waals surface area contributed by atoms with E-state index in [2.05, 4.69) is 10.6 Å². The summed E-state index contributed by atoms with van der Waals surface area (Å²) in [7, 11) is 1.52. The van der Waals surface area contributed by atoms with Gasteiger partial charge in [0.05, 0.1) is 0 Å². The van der Waals surface area contributed by atoms with Crippen molar-refractivity contribution in [2.75, 3.05) is 19.0 Å². The third kappa shape index (κ3) is 6.14. The van der Waals surface area contributed by atoms with Crippen molar-refractivity contribution in [1.82, 2.24) is 5.32 Å². The summed E-state index contributed by atoms with van der Waals surface area (Å²) in [6, 6.07) is 15.4. The standard InChI is InChI=1S/C20H22N2O5/c1-3-17(27-16-10-5-4-6-11-16)20(25)26-13-18(23)22-15-9-7-8-14(12-15)19(24)21-2/h4-12,17H,3,13H2,1-2H3,(H,21,24)(H,22,23)/t17-/m1/s1. The van der Waals surface area contributed by atoms with Crippen molar-refractivity contribution in [1.29, 1.82) is 0 Å². The molecule has 0 aliphatic rings. The lowest BCUT2D eigenvalue weighted by Crippen LogP contribution is -2.31. The van der Waals surface area contributed by atoms with Gasteiger partial charge in [-0.2, -0.15) is 0 Å². The zero-order valence-corrected chi connectivity index (χ0v) is 15.2. The van der Waals surface area contributed by atoms with Crippen LogP contribution in [0.15, 0.2) is 54.6 Å². The van der Waals surface area contributed by atoms with E-state index in [-0.39, 0.29) is 5.91 Å². The third-order valence-corrected chi connectivity index (χ3v) is 3.64. The van der Waals surface area contributed by atoms with Crippen LogP contribution in [0.25, 0.3) is 0 Å². The van der Waals surface area contributed by atoms with Gasteiger partial charge < -0.3 is 20.1 Å². The molecule has 142 valence electrons. The van der Waals surface area contributed by atoms with Gasteiger partial charge in [0, 0.05) is 18.3 Å². The molecule has 0 bridgehead atoms. The Hall–Kier alpha value is -3.35. The summed E-state index contributed by atoms with van der Waals surface area (Å²) < 4.78 is 10.6. The van der Waals surface area contributed by atoms with E-state index in [1.54, 1.807) is 49.4 Å². The van der Waals surface area contributed by atoms with E-state index < -0.39 is 24.6 Å². The van der Waals surface area contributed by atoms with Crippen molar-refractivity contribution >= 4 is 23.5 Å². The Bertz CT molecular complexity index is 792. The van der Waals surface area contributed by atoms with Crippen molar-refractivity contribution in [3.05, 3.63) is 60.2 Å². The fraction of sp³-hybridized carbons (Fsp3) is 0.250. The molecule has 0 aromatic heterocycles. The maximum atomic E-state index is 12.1. The minimum atomic E-state index is -0.795. The summed E-state index contributed by atoms with van der Waals surface area (Å²) in [5.41, 5.74) is 0.847. The van der Waals surface area contributed by atoms with Crippen LogP contribution >= 0.6 is 0 Å². The van der Waals surface area contributed by atoms with E-state index in [0.717, 1.165) is 0 Å². The molecule has 0 saturated heterocycles. The van der Waals surface area contributed by atoms with Gasteiger partial charge in [0.15, 0.2) is 12.7 Å². The summed E-state index contributed by atoms with van der Waals surface area (Å²) in [5, 5.41) is 5.09. The number of benzene rings is 2. The highest BCUT2D eigenvalue weighted by molar-refractivity contribution is 5.97. The minimum Gasteiger partial charge on any atom is -0.479 e. The summed E-state index contributed by atoms with van der Waals surface area (Å²) in [6.45, 7) is 1.34. The fourth-order valence-electron chi connectivity index (χ4n) is 2.27. The average Bonchev–Trinajstić information content (AvgIpc) is 2.70. The maximum absolute atomic E-state index is 12.1. The normalized spacial score (nSPS) is 11.2. The van der Waals surface area contributed by atoms with Gasteiger partial charge in [-0.1, -0.05) is 31.2 Å². The van der Waals surface area contributed by atoms with Crippen molar-refractivity contribution in [2.45, 2.75) is 19.4 Å². The lowest BCUT2D eigenvalue weighted by molar-refractivity contribution is -0.154. The first-order valence-electron chi connectivity index (χ1n) is 8.53. The number of anilines is 1. The SMILES string of the molecule is CC[C@@H](Oc1ccccc1)C(=O)OCC(=O)Nc1cccc(C(=O)NC)c1. The molecule has 2 aromatic rings. The molecule has 2 N–H and O–H groups in total. The number of nitrogens with one attached hydrogen (secondary N) is 2. The second-order valence-electron chi connectivity index (χ2n) is 5.64. The lowest BCUT2D eigenvalue weighted by Gasteiger charge is -2.16. The van der Waals surface area contributed by atoms with Crippen molar-refractivity contribution < 1.29 is 23.9 Å². The number of hydrogen-bond donors (Lipinski definition) is 2. The molecule has 0 saturated carbocycles. The van der Waals surface area contributed by atoms with Gasteiger partial charge in [-0.25, -0.2) is 4.79 Å². The first kappa shape index (κ1) is 20.0. The molecule has 2 amide bonds. The second-order valence-corrected chi connectivity index (χ2v) is 5.64. The Kier molecular flexibility index (Phi) is 7.37. The van der Waals surface area contributed by atoms with Gasteiger partial charge >= 0.3 is 5.97 Å². The molecule has 0 aliphatic carbocycles. The van der Waals surface area contributed by atoms with Crippen LogP contribution < -0.4 is 15.4 Å². The summed E-state index contributed by atoms with van der Waals surface area (Å²) in [5.74, 6) is -0.833. The Labute approximate surface area is 157 Å². The molecule has 27 heavy (non-hydrogen) atoms. The molecular weight excluding hydrogens is 348 g/mol. The Balaban J connectivity index is 1.87. The summed E-state index contributed by atoms with van der Waals surface area (Å²) in [4.78, 5) is 35.8. The number of rotatable bonds is 8. The number of hydrogen-bond acceptors (Lipinski definition) is 5. The van der Waals surface area contributed by atoms with E-state index in [1.165, 1.54) is 13.1 Å². The molecule has 2 rings (SSSR count). The molecule has 7 heteroatoms. The topological polar surface area (TPSA) is 93.7 Å². The van der Waals surface area contributed by atoms with Crippen LogP contribution in [0, 0.1) is 0 Å². The Morgan fingerprint density at radius 2 is 1.78 bits per heavy atom. The van der Waals surface area contributed by atoms with Crippen molar-refractivity contribution in [3.8, 4) is 5.75 Å². The largest absolute Gasteiger partial charge is 0.479 e. The molecule has 1 atom stereocenters. The number of esters is 1. The van der Waals surface area contributed by atoms with Crippen molar-refractivity contribution in [3.63, 3.8) is 0 Å². The smallest absolute Gasteiger partial charge is 0.347 e. The zero-order valence-electron chi connectivity index (χ0n) is 15.2. The first-order chi connectivity index (χ1) is 13.0. The summed E-state index contributed by atoms with van der Waals surface area (Å²) >= 11 is 0. The van der Waals surface area contributed by atoms with Gasteiger partial charge in [-0.05, 0) is 36.8 Å². The lowest BCUT2D eigenvalue weighted by atomic mass is 10.2. The van der Waals surface area contributed by atoms with E-state index in [9.17, 15) is 14.4 Å². The zero-order chi connectivity index (χ0) is 19.6. The van der Waals surface area contributed by atoms with E-state index >= 15 is 0 Å². The fourth-order valence-corrected chi connectivity index (χ4v) is 2.27. The number of ether oxygens (including phenoxy) is 2. The molecule has 0 fully saturated rings.